The van der Waals surface area contributed by atoms with Crippen LogP contribution >= 0.6 is 0 Å². The highest BCUT2D eigenvalue weighted by atomic mass is 19.1. The zero-order valence-electron chi connectivity index (χ0n) is 18.8. The normalized spacial score (nSPS) is 11.9. The van der Waals surface area contributed by atoms with Crippen LogP contribution in [0.3, 0.4) is 0 Å². The number of rotatable bonds is 7. The number of pyridine rings is 2. The maximum Gasteiger partial charge on any atom is 0.251 e. The van der Waals surface area contributed by atoms with Gasteiger partial charge in [-0.1, -0.05) is 25.1 Å². The van der Waals surface area contributed by atoms with Crippen LogP contribution in [0.15, 0.2) is 55.1 Å². The molecule has 0 spiro atoms. The van der Waals surface area contributed by atoms with Crippen LogP contribution in [0.25, 0.3) is 22.2 Å². The number of carbonyl (C=O) groups excluding carboxylic acids is 1. The first-order valence-electron chi connectivity index (χ1n) is 10.8. The lowest BCUT2D eigenvalue weighted by molar-refractivity contribution is 0.0964. The number of amides is 1. The summed E-state index contributed by atoms with van der Waals surface area (Å²) in [4.78, 5) is 29.5. The highest BCUT2D eigenvalue weighted by molar-refractivity contribution is 6.06. The first kappa shape index (κ1) is 22.3. The van der Waals surface area contributed by atoms with E-state index in [9.17, 15) is 9.18 Å². The predicted molar refractivity (Wildman–Crippen MR) is 127 cm³/mol. The SMILES string of the molecule is CCC(CNc1cc(-c2cnc(C)c(F)c2)ncn1)c1cccc2c(C(=O)NC)ccnc12. The average molecular weight is 445 g/mol. The van der Waals surface area contributed by atoms with Gasteiger partial charge in [-0.15, -0.1) is 0 Å². The van der Waals surface area contributed by atoms with Crippen LogP contribution < -0.4 is 10.6 Å². The molecule has 2 N–H and O–H groups in total. The van der Waals surface area contributed by atoms with Crippen molar-refractivity contribution in [1.29, 1.82) is 0 Å². The van der Waals surface area contributed by atoms with Gasteiger partial charge in [-0.25, -0.2) is 14.4 Å². The van der Waals surface area contributed by atoms with E-state index in [2.05, 4.69) is 37.5 Å². The number of hydrogen-bond acceptors (Lipinski definition) is 6. The highest BCUT2D eigenvalue weighted by Crippen LogP contribution is 2.29. The van der Waals surface area contributed by atoms with E-state index in [0.717, 1.165) is 22.9 Å². The Balaban J connectivity index is 1.59. The third-order valence-corrected chi connectivity index (χ3v) is 5.72. The summed E-state index contributed by atoms with van der Waals surface area (Å²) in [7, 11) is 1.62. The largest absolute Gasteiger partial charge is 0.369 e. The molecular weight excluding hydrogens is 419 g/mol. The van der Waals surface area contributed by atoms with Gasteiger partial charge in [0.1, 0.15) is 18.0 Å². The van der Waals surface area contributed by atoms with Crippen LogP contribution in [0.1, 0.15) is 40.9 Å². The quantitative estimate of drug-likeness (QED) is 0.436. The maximum absolute atomic E-state index is 13.9. The molecule has 7 nitrogen and oxygen atoms in total. The fraction of sp³-hybridized carbons (Fsp3) is 0.240. The number of halogens is 1. The van der Waals surface area contributed by atoms with Gasteiger partial charge in [-0.05, 0) is 31.0 Å². The second-order valence-electron chi connectivity index (χ2n) is 7.75. The molecule has 1 amide bonds. The van der Waals surface area contributed by atoms with E-state index in [1.54, 1.807) is 38.5 Å². The third-order valence-electron chi connectivity index (χ3n) is 5.72. The Morgan fingerprint density at radius 3 is 2.73 bits per heavy atom. The molecule has 3 aromatic heterocycles. The maximum atomic E-state index is 13.9. The van der Waals surface area contributed by atoms with Crippen LogP contribution in [0.5, 0.6) is 0 Å². The highest BCUT2D eigenvalue weighted by Gasteiger charge is 2.17. The number of aromatic nitrogens is 4. The Bertz CT molecular complexity index is 1310. The Morgan fingerprint density at radius 1 is 1.12 bits per heavy atom. The number of nitrogens with one attached hydrogen (secondary N) is 2. The Labute approximate surface area is 191 Å². The first-order valence-corrected chi connectivity index (χ1v) is 10.8. The molecular formula is C25H25FN6O. The van der Waals surface area contributed by atoms with Crippen molar-refractivity contribution in [1.82, 2.24) is 25.3 Å². The number of aryl methyl sites for hydroxylation is 1. The van der Waals surface area contributed by atoms with Crippen LogP contribution in [0.4, 0.5) is 10.2 Å². The molecule has 0 saturated carbocycles. The average Bonchev–Trinajstić information content (AvgIpc) is 2.85. The van der Waals surface area contributed by atoms with Gasteiger partial charge in [0, 0.05) is 48.9 Å². The number of nitrogens with zero attached hydrogens (tertiary/aromatic N) is 4. The molecule has 168 valence electrons. The van der Waals surface area contributed by atoms with Crippen molar-refractivity contribution in [2.45, 2.75) is 26.2 Å². The molecule has 0 aliphatic carbocycles. The first-order chi connectivity index (χ1) is 16.0. The van der Waals surface area contributed by atoms with Crippen molar-refractivity contribution in [2.75, 3.05) is 18.9 Å². The molecule has 0 aliphatic rings. The zero-order chi connectivity index (χ0) is 23.4. The molecule has 0 fully saturated rings. The number of para-hydroxylation sites is 1. The van der Waals surface area contributed by atoms with Crippen LogP contribution in [0.2, 0.25) is 0 Å². The minimum atomic E-state index is -0.369. The second-order valence-corrected chi connectivity index (χ2v) is 7.75. The molecule has 1 aromatic carbocycles. The van der Waals surface area contributed by atoms with Gasteiger partial charge in [-0.2, -0.15) is 0 Å². The van der Waals surface area contributed by atoms with E-state index in [4.69, 9.17) is 0 Å². The lowest BCUT2D eigenvalue weighted by Crippen LogP contribution is -2.18. The molecule has 4 rings (SSSR count). The summed E-state index contributed by atoms with van der Waals surface area (Å²) in [6.07, 6.45) is 5.59. The molecule has 0 bridgehead atoms. The number of hydrogen-bond donors (Lipinski definition) is 2. The Morgan fingerprint density at radius 2 is 1.97 bits per heavy atom. The van der Waals surface area contributed by atoms with Gasteiger partial charge < -0.3 is 10.6 Å². The Hall–Kier alpha value is -3.94. The van der Waals surface area contributed by atoms with E-state index in [1.807, 2.05) is 18.2 Å². The number of benzene rings is 1. The van der Waals surface area contributed by atoms with Gasteiger partial charge >= 0.3 is 0 Å². The van der Waals surface area contributed by atoms with E-state index >= 15 is 0 Å². The van der Waals surface area contributed by atoms with Gasteiger partial charge in [0.25, 0.3) is 5.91 Å². The van der Waals surface area contributed by atoms with E-state index in [-0.39, 0.29) is 17.6 Å². The van der Waals surface area contributed by atoms with Crippen LogP contribution in [0, 0.1) is 12.7 Å². The van der Waals surface area contributed by atoms with Crippen molar-refractivity contribution in [3.63, 3.8) is 0 Å². The van der Waals surface area contributed by atoms with Gasteiger partial charge in [0.05, 0.1) is 22.5 Å². The van der Waals surface area contributed by atoms with E-state index in [1.165, 1.54) is 12.4 Å². The minimum Gasteiger partial charge on any atom is -0.369 e. The summed E-state index contributed by atoms with van der Waals surface area (Å²) in [6.45, 7) is 4.34. The van der Waals surface area contributed by atoms with Crippen molar-refractivity contribution in [2.24, 2.45) is 0 Å². The van der Waals surface area contributed by atoms with Crippen molar-refractivity contribution in [3.05, 3.63) is 77.8 Å². The minimum absolute atomic E-state index is 0.137. The molecule has 8 heteroatoms. The van der Waals surface area contributed by atoms with Gasteiger partial charge in [-0.3, -0.25) is 14.8 Å². The molecule has 3 heterocycles. The molecule has 33 heavy (non-hydrogen) atoms. The standard InChI is InChI=1S/C25H25FN6O/c1-4-16(18-6-5-7-19-20(25(33)27-3)8-9-28-24(18)19)12-30-23-11-22(31-14-32-23)17-10-21(26)15(2)29-13-17/h5-11,13-14,16H,4,12H2,1-3H3,(H,27,33)(H,30,31,32). The van der Waals surface area contributed by atoms with Crippen molar-refractivity contribution < 1.29 is 9.18 Å². The fourth-order valence-corrected chi connectivity index (χ4v) is 3.82. The summed E-state index contributed by atoms with van der Waals surface area (Å²) in [5.41, 5.74) is 4.01. The number of carbonyl (C=O) groups is 1. The lowest BCUT2D eigenvalue weighted by atomic mass is 9.92. The summed E-state index contributed by atoms with van der Waals surface area (Å²) < 4.78 is 13.9. The van der Waals surface area contributed by atoms with E-state index < -0.39 is 0 Å². The fourth-order valence-electron chi connectivity index (χ4n) is 3.82. The molecule has 1 atom stereocenters. The number of anilines is 1. The van der Waals surface area contributed by atoms with Crippen LogP contribution in [-0.2, 0) is 0 Å². The zero-order valence-corrected chi connectivity index (χ0v) is 18.8. The third kappa shape index (κ3) is 4.64. The summed E-state index contributed by atoms with van der Waals surface area (Å²) >= 11 is 0. The van der Waals surface area contributed by atoms with Gasteiger partial charge in [0.2, 0.25) is 0 Å². The lowest BCUT2D eigenvalue weighted by Gasteiger charge is -2.19. The van der Waals surface area contributed by atoms with Crippen molar-refractivity contribution in [3.8, 4) is 11.3 Å². The second kappa shape index (κ2) is 9.68. The molecule has 0 aliphatic heterocycles. The number of fused-ring (bicyclic) bond motifs is 1. The molecule has 0 saturated heterocycles. The molecule has 1 unspecified atom stereocenters. The summed E-state index contributed by atoms with van der Waals surface area (Å²) in [6, 6.07) is 10.9. The van der Waals surface area contributed by atoms with Crippen LogP contribution in [-0.4, -0.2) is 39.4 Å². The molecule has 0 radical (unpaired) electrons. The Kier molecular flexibility index (Phi) is 6.53. The predicted octanol–water partition coefficient (Wildman–Crippen LogP) is 4.50. The van der Waals surface area contributed by atoms with Gasteiger partial charge in [0.15, 0.2) is 0 Å². The smallest absolute Gasteiger partial charge is 0.251 e. The summed E-state index contributed by atoms with van der Waals surface area (Å²) in [5, 5.41) is 6.88. The topological polar surface area (TPSA) is 92.7 Å². The monoisotopic (exact) mass is 444 g/mol. The molecule has 4 aromatic rings. The van der Waals surface area contributed by atoms with E-state index in [0.29, 0.717) is 34.9 Å². The summed E-state index contributed by atoms with van der Waals surface area (Å²) in [5.74, 6) is 0.268. The van der Waals surface area contributed by atoms with Crippen molar-refractivity contribution >= 4 is 22.6 Å².